The number of nitrogens with zero attached hydrogens (tertiary/aromatic N) is 2. The molecule has 2 N–H and O–H groups in total. The van der Waals surface area contributed by atoms with Gasteiger partial charge in [0.15, 0.2) is 0 Å². The first kappa shape index (κ1) is 11.2. The molecule has 0 aliphatic rings. The van der Waals surface area contributed by atoms with Crippen molar-refractivity contribution in [3.63, 3.8) is 0 Å². The quantitative estimate of drug-likeness (QED) is 0.887. The lowest BCUT2D eigenvalue weighted by atomic mass is 10.1. The van der Waals surface area contributed by atoms with Gasteiger partial charge in [-0.05, 0) is 25.0 Å². The average molecular weight is 233 g/mol. The van der Waals surface area contributed by atoms with Crippen LogP contribution in [0, 0.1) is 0 Å². The Morgan fingerprint density at radius 2 is 2.25 bits per heavy atom. The molecule has 3 nitrogen and oxygen atoms in total. The Morgan fingerprint density at radius 3 is 2.88 bits per heavy atom. The van der Waals surface area contributed by atoms with Crippen molar-refractivity contribution < 1.29 is 0 Å². The Balaban J connectivity index is 2.42. The summed E-state index contributed by atoms with van der Waals surface area (Å²) in [6.07, 6.45) is 6.55. The Morgan fingerprint density at radius 1 is 1.44 bits per heavy atom. The minimum Gasteiger partial charge on any atom is -0.323 e. The van der Waals surface area contributed by atoms with Gasteiger partial charge in [0, 0.05) is 35.1 Å². The molecular formula is C12H15N3S. The predicted molar refractivity (Wildman–Crippen MR) is 67.3 cm³/mol. The van der Waals surface area contributed by atoms with Gasteiger partial charge in [-0.1, -0.05) is 6.92 Å². The van der Waals surface area contributed by atoms with Gasteiger partial charge in [0.1, 0.15) is 5.01 Å². The van der Waals surface area contributed by atoms with Crippen LogP contribution >= 0.6 is 11.3 Å². The first-order valence-corrected chi connectivity index (χ1v) is 6.18. The first-order valence-electron chi connectivity index (χ1n) is 5.37. The Bertz CT molecular complexity index is 477. The smallest absolute Gasteiger partial charge is 0.123 e. The molecule has 0 fully saturated rings. The van der Waals surface area contributed by atoms with Gasteiger partial charge in [-0.3, -0.25) is 4.98 Å². The lowest BCUT2D eigenvalue weighted by molar-refractivity contribution is 0.835. The van der Waals surface area contributed by atoms with E-state index in [1.807, 2.05) is 25.4 Å². The molecule has 2 aromatic heterocycles. The van der Waals surface area contributed by atoms with E-state index in [0.29, 0.717) is 0 Å². The molecule has 0 aromatic carbocycles. The number of pyridine rings is 1. The molecule has 0 aliphatic heterocycles. The molecule has 0 aliphatic carbocycles. The monoisotopic (exact) mass is 233 g/mol. The van der Waals surface area contributed by atoms with E-state index in [0.717, 1.165) is 16.3 Å². The van der Waals surface area contributed by atoms with E-state index in [1.165, 1.54) is 11.1 Å². The zero-order valence-corrected chi connectivity index (χ0v) is 10.3. The van der Waals surface area contributed by atoms with Crippen LogP contribution < -0.4 is 5.73 Å². The molecule has 1 unspecified atom stereocenters. The number of nitrogens with two attached hydrogens (primary N) is 1. The van der Waals surface area contributed by atoms with Gasteiger partial charge in [-0.2, -0.15) is 0 Å². The highest BCUT2D eigenvalue weighted by Crippen LogP contribution is 2.29. The first-order chi connectivity index (χ1) is 7.72. The van der Waals surface area contributed by atoms with Crippen molar-refractivity contribution in [2.75, 3.05) is 0 Å². The fourth-order valence-electron chi connectivity index (χ4n) is 1.54. The molecule has 0 saturated carbocycles. The topological polar surface area (TPSA) is 51.8 Å². The van der Waals surface area contributed by atoms with Crippen LogP contribution in [0.3, 0.4) is 0 Å². The fraction of sp³-hybridized carbons (Fsp3) is 0.333. The maximum atomic E-state index is 5.83. The molecule has 4 heteroatoms. The highest BCUT2D eigenvalue weighted by Gasteiger charge is 2.10. The molecule has 0 radical (unpaired) electrons. The number of aryl methyl sites for hydroxylation is 1. The zero-order valence-electron chi connectivity index (χ0n) is 9.47. The van der Waals surface area contributed by atoms with Gasteiger partial charge in [-0.15, -0.1) is 11.3 Å². The molecule has 2 aromatic rings. The van der Waals surface area contributed by atoms with Crippen LogP contribution in [0.4, 0.5) is 0 Å². The maximum Gasteiger partial charge on any atom is 0.123 e. The Kier molecular flexibility index (Phi) is 3.31. The van der Waals surface area contributed by atoms with E-state index < -0.39 is 0 Å². The summed E-state index contributed by atoms with van der Waals surface area (Å²) in [5, 5.41) is 1.03. The third-order valence-electron chi connectivity index (χ3n) is 2.49. The molecule has 0 saturated heterocycles. The van der Waals surface area contributed by atoms with Crippen LogP contribution in [0.15, 0.2) is 24.7 Å². The third-order valence-corrected chi connectivity index (χ3v) is 3.72. The minimum absolute atomic E-state index is 0.0539. The third kappa shape index (κ3) is 2.13. The van der Waals surface area contributed by atoms with Crippen LogP contribution in [-0.4, -0.2) is 9.97 Å². The Labute approximate surface area is 99.4 Å². The van der Waals surface area contributed by atoms with Crippen LogP contribution in [0.2, 0.25) is 0 Å². The number of hydrogen-bond acceptors (Lipinski definition) is 4. The SMILES string of the molecule is CCc1cnccc1-c1ncc(C(C)N)s1. The molecule has 0 spiro atoms. The van der Waals surface area contributed by atoms with Crippen LogP contribution in [0.1, 0.15) is 30.3 Å². The number of rotatable bonds is 3. The molecule has 16 heavy (non-hydrogen) atoms. The number of hydrogen-bond donors (Lipinski definition) is 1. The van der Waals surface area contributed by atoms with Crippen molar-refractivity contribution in [2.45, 2.75) is 26.3 Å². The van der Waals surface area contributed by atoms with Gasteiger partial charge >= 0.3 is 0 Å². The minimum atomic E-state index is 0.0539. The van der Waals surface area contributed by atoms with Crippen molar-refractivity contribution >= 4 is 11.3 Å². The normalized spacial score (nSPS) is 12.7. The lowest BCUT2D eigenvalue weighted by Crippen LogP contribution is -2.01. The van der Waals surface area contributed by atoms with Crippen molar-refractivity contribution in [1.29, 1.82) is 0 Å². The average Bonchev–Trinajstić information content (AvgIpc) is 2.78. The second-order valence-corrected chi connectivity index (χ2v) is 4.81. The molecule has 0 amide bonds. The van der Waals surface area contributed by atoms with Gasteiger partial charge in [0.2, 0.25) is 0 Å². The van der Waals surface area contributed by atoms with E-state index in [1.54, 1.807) is 17.5 Å². The summed E-state index contributed by atoms with van der Waals surface area (Å²) in [6, 6.07) is 2.07. The summed E-state index contributed by atoms with van der Waals surface area (Å²) in [5.41, 5.74) is 8.24. The molecule has 0 bridgehead atoms. The van der Waals surface area contributed by atoms with Gasteiger partial charge in [0.25, 0.3) is 0 Å². The fourth-order valence-corrected chi connectivity index (χ4v) is 2.47. The Hall–Kier alpha value is -1.26. The van der Waals surface area contributed by atoms with Gasteiger partial charge in [-0.25, -0.2) is 4.98 Å². The lowest BCUT2D eigenvalue weighted by Gasteiger charge is -2.03. The van der Waals surface area contributed by atoms with Crippen LogP contribution in [-0.2, 0) is 6.42 Å². The summed E-state index contributed by atoms with van der Waals surface area (Å²) in [7, 11) is 0. The molecular weight excluding hydrogens is 218 g/mol. The van der Waals surface area contributed by atoms with Crippen LogP contribution in [0.5, 0.6) is 0 Å². The predicted octanol–water partition coefficient (Wildman–Crippen LogP) is 2.79. The summed E-state index contributed by atoms with van der Waals surface area (Å²) in [4.78, 5) is 9.68. The second-order valence-electron chi connectivity index (χ2n) is 3.74. The number of aromatic nitrogens is 2. The standard InChI is InChI=1S/C12H15N3S/c1-3-9-6-14-5-4-10(9)12-15-7-11(16-12)8(2)13/h4-8H,3,13H2,1-2H3. The summed E-state index contributed by atoms with van der Waals surface area (Å²) >= 11 is 1.66. The highest BCUT2D eigenvalue weighted by atomic mass is 32.1. The highest BCUT2D eigenvalue weighted by molar-refractivity contribution is 7.15. The number of thiazole rings is 1. The second kappa shape index (κ2) is 4.72. The molecule has 2 heterocycles. The van der Waals surface area contributed by atoms with E-state index in [9.17, 15) is 0 Å². The van der Waals surface area contributed by atoms with Crippen LogP contribution in [0.25, 0.3) is 10.6 Å². The maximum absolute atomic E-state index is 5.83. The van der Waals surface area contributed by atoms with Gasteiger partial charge in [0.05, 0.1) is 0 Å². The van der Waals surface area contributed by atoms with Crippen molar-refractivity contribution in [1.82, 2.24) is 9.97 Å². The largest absolute Gasteiger partial charge is 0.323 e. The van der Waals surface area contributed by atoms with Gasteiger partial charge < -0.3 is 5.73 Å². The summed E-state index contributed by atoms with van der Waals surface area (Å²) in [5.74, 6) is 0. The molecule has 1 atom stereocenters. The van der Waals surface area contributed by atoms with E-state index in [-0.39, 0.29) is 6.04 Å². The van der Waals surface area contributed by atoms with Crippen molar-refractivity contribution in [3.8, 4) is 10.6 Å². The van der Waals surface area contributed by atoms with E-state index in [2.05, 4.69) is 16.9 Å². The zero-order chi connectivity index (χ0) is 11.5. The summed E-state index contributed by atoms with van der Waals surface area (Å²) in [6.45, 7) is 4.10. The van der Waals surface area contributed by atoms with E-state index in [4.69, 9.17) is 5.73 Å². The summed E-state index contributed by atoms with van der Waals surface area (Å²) < 4.78 is 0. The van der Waals surface area contributed by atoms with E-state index >= 15 is 0 Å². The molecule has 84 valence electrons. The van der Waals surface area contributed by atoms with Crippen molar-refractivity contribution in [3.05, 3.63) is 35.1 Å². The van der Waals surface area contributed by atoms with Crippen molar-refractivity contribution in [2.24, 2.45) is 5.73 Å². The molecule has 2 rings (SSSR count).